The molecule has 0 saturated carbocycles. The van der Waals surface area contributed by atoms with Crippen LogP contribution in [-0.2, 0) is 14.8 Å². The monoisotopic (exact) mass is 374 g/mol. The van der Waals surface area contributed by atoms with Crippen molar-refractivity contribution >= 4 is 27.6 Å². The molecule has 0 spiro atoms. The first kappa shape index (κ1) is 20.9. The van der Waals surface area contributed by atoms with Crippen LogP contribution >= 0.6 is 0 Å². The van der Waals surface area contributed by atoms with Crippen LogP contribution in [0.2, 0.25) is 0 Å². The van der Waals surface area contributed by atoms with E-state index in [9.17, 15) is 23.1 Å². The minimum Gasteiger partial charge on any atom is -0.478 e. The Morgan fingerprint density at radius 3 is 2.24 bits per heavy atom. The SMILES string of the molecule is CC(C)(CO)[C@@H](O)C(=O)NCCS(=O)(=O)Nc1ccc(C(=O)O)cc1. The predicted molar refractivity (Wildman–Crippen MR) is 90.7 cm³/mol. The standard InChI is InChI=1S/C15H22N2O7S/c1-15(2,9-18)12(19)13(20)16-7-8-25(23,24)17-11-5-3-10(4-6-11)14(21)22/h3-6,12,17-19H,7-9H2,1-2H3,(H,16,20)(H,21,22)/t12-/m0/s1. The van der Waals surface area contributed by atoms with E-state index >= 15 is 0 Å². The molecule has 140 valence electrons. The van der Waals surface area contributed by atoms with Crippen molar-refractivity contribution in [1.82, 2.24) is 5.32 Å². The van der Waals surface area contributed by atoms with Gasteiger partial charge in [0.1, 0.15) is 6.10 Å². The molecule has 0 bridgehead atoms. The highest BCUT2D eigenvalue weighted by atomic mass is 32.2. The predicted octanol–water partition coefficient (Wildman–Crippen LogP) is -0.378. The molecule has 5 N–H and O–H groups in total. The number of nitrogens with one attached hydrogen (secondary N) is 2. The molecule has 0 radical (unpaired) electrons. The van der Waals surface area contributed by atoms with Gasteiger partial charge in [0, 0.05) is 17.6 Å². The molecule has 0 unspecified atom stereocenters. The Kier molecular flexibility index (Phi) is 6.91. The van der Waals surface area contributed by atoms with Gasteiger partial charge in [0.2, 0.25) is 15.9 Å². The summed E-state index contributed by atoms with van der Waals surface area (Å²) in [6.45, 7) is 2.35. The summed E-state index contributed by atoms with van der Waals surface area (Å²) in [7, 11) is -3.77. The second-order valence-corrected chi connectivity index (χ2v) is 7.99. The van der Waals surface area contributed by atoms with Gasteiger partial charge in [-0.25, -0.2) is 13.2 Å². The van der Waals surface area contributed by atoms with Crippen LogP contribution in [0.25, 0.3) is 0 Å². The molecular weight excluding hydrogens is 352 g/mol. The fourth-order valence-electron chi connectivity index (χ4n) is 1.76. The Morgan fingerprint density at radius 2 is 1.76 bits per heavy atom. The first-order chi connectivity index (χ1) is 11.5. The Balaban J connectivity index is 2.56. The molecule has 0 aliphatic carbocycles. The number of sulfonamides is 1. The summed E-state index contributed by atoms with van der Waals surface area (Å²) in [4.78, 5) is 22.5. The van der Waals surface area contributed by atoms with Gasteiger partial charge in [-0.2, -0.15) is 0 Å². The lowest BCUT2D eigenvalue weighted by Crippen LogP contribution is -2.46. The smallest absolute Gasteiger partial charge is 0.335 e. The third kappa shape index (κ3) is 6.33. The molecule has 0 aliphatic rings. The summed E-state index contributed by atoms with van der Waals surface area (Å²) < 4.78 is 26.1. The van der Waals surface area contributed by atoms with Gasteiger partial charge < -0.3 is 20.6 Å². The van der Waals surface area contributed by atoms with Crippen LogP contribution in [0.5, 0.6) is 0 Å². The average molecular weight is 374 g/mol. The van der Waals surface area contributed by atoms with E-state index in [1.807, 2.05) is 0 Å². The summed E-state index contributed by atoms with van der Waals surface area (Å²) >= 11 is 0. The van der Waals surface area contributed by atoms with Gasteiger partial charge in [0.15, 0.2) is 0 Å². The van der Waals surface area contributed by atoms with Crippen molar-refractivity contribution < 1.29 is 33.3 Å². The lowest BCUT2D eigenvalue weighted by atomic mass is 9.87. The van der Waals surface area contributed by atoms with Gasteiger partial charge in [-0.1, -0.05) is 13.8 Å². The topological polar surface area (TPSA) is 153 Å². The molecule has 1 aromatic carbocycles. The zero-order chi connectivity index (χ0) is 19.3. The number of carboxylic acid groups (broad SMARTS) is 1. The quantitative estimate of drug-likeness (QED) is 0.395. The number of hydrogen-bond acceptors (Lipinski definition) is 6. The van der Waals surface area contributed by atoms with E-state index in [0.717, 1.165) is 0 Å². The number of rotatable bonds is 9. The van der Waals surface area contributed by atoms with Crippen molar-refractivity contribution in [3.05, 3.63) is 29.8 Å². The highest BCUT2D eigenvalue weighted by Crippen LogP contribution is 2.19. The van der Waals surface area contributed by atoms with Crippen LogP contribution in [0.1, 0.15) is 24.2 Å². The Labute approximate surface area is 145 Å². The van der Waals surface area contributed by atoms with Crippen molar-refractivity contribution in [2.45, 2.75) is 20.0 Å². The lowest BCUT2D eigenvalue weighted by molar-refractivity contribution is -0.136. The van der Waals surface area contributed by atoms with Crippen LogP contribution in [0.4, 0.5) is 5.69 Å². The highest BCUT2D eigenvalue weighted by Gasteiger charge is 2.32. The minimum atomic E-state index is -3.77. The fraction of sp³-hybridized carbons (Fsp3) is 0.467. The van der Waals surface area contributed by atoms with Crippen LogP contribution in [0.3, 0.4) is 0 Å². The second kappa shape index (κ2) is 8.28. The minimum absolute atomic E-state index is 0.0238. The van der Waals surface area contributed by atoms with Crippen LogP contribution < -0.4 is 10.0 Å². The number of carbonyl (C=O) groups excluding carboxylic acids is 1. The lowest BCUT2D eigenvalue weighted by Gasteiger charge is -2.27. The molecule has 1 rings (SSSR count). The number of carbonyl (C=O) groups is 2. The van der Waals surface area contributed by atoms with Gasteiger partial charge in [0.05, 0.1) is 17.9 Å². The fourth-order valence-corrected chi connectivity index (χ4v) is 2.73. The third-order valence-corrected chi connectivity index (χ3v) is 4.76. The summed E-state index contributed by atoms with van der Waals surface area (Å²) in [6.07, 6.45) is -1.48. The van der Waals surface area contributed by atoms with E-state index in [0.29, 0.717) is 0 Å². The zero-order valence-corrected chi connectivity index (χ0v) is 14.7. The van der Waals surface area contributed by atoms with Crippen molar-refractivity contribution in [1.29, 1.82) is 0 Å². The maximum atomic E-state index is 11.9. The first-order valence-corrected chi connectivity index (χ1v) is 9.04. The van der Waals surface area contributed by atoms with Gasteiger partial charge in [0.25, 0.3) is 0 Å². The van der Waals surface area contributed by atoms with Crippen molar-refractivity contribution in [3.63, 3.8) is 0 Å². The molecule has 9 nitrogen and oxygen atoms in total. The van der Waals surface area contributed by atoms with Crippen molar-refractivity contribution in [2.75, 3.05) is 23.6 Å². The number of aliphatic hydroxyl groups excluding tert-OH is 2. The average Bonchev–Trinajstić information content (AvgIpc) is 2.53. The molecule has 0 fully saturated rings. The van der Waals surface area contributed by atoms with E-state index < -0.39 is 45.8 Å². The van der Waals surface area contributed by atoms with Crippen molar-refractivity contribution in [3.8, 4) is 0 Å². The number of amides is 1. The molecule has 1 atom stereocenters. The molecular formula is C15H22N2O7S. The molecule has 0 aromatic heterocycles. The van der Waals surface area contributed by atoms with E-state index in [-0.39, 0.29) is 17.8 Å². The number of benzene rings is 1. The van der Waals surface area contributed by atoms with Crippen LogP contribution in [0.15, 0.2) is 24.3 Å². The summed E-state index contributed by atoms with van der Waals surface area (Å²) in [5.74, 6) is -2.34. The van der Waals surface area contributed by atoms with E-state index in [1.165, 1.54) is 38.1 Å². The van der Waals surface area contributed by atoms with Crippen LogP contribution in [0, 0.1) is 5.41 Å². The third-order valence-electron chi connectivity index (χ3n) is 3.47. The van der Waals surface area contributed by atoms with Gasteiger partial charge in [-0.15, -0.1) is 0 Å². The van der Waals surface area contributed by atoms with E-state index in [2.05, 4.69) is 10.0 Å². The Morgan fingerprint density at radius 1 is 1.20 bits per heavy atom. The van der Waals surface area contributed by atoms with E-state index in [1.54, 1.807) is 0 Å². The maximum Gasteiger partial charge on any atom is 0.335 e. The Bertz CT molecular complexity index is 714. The summed E-state index contributed by atoms with van der Waals surface area (Å²) in [6, 6.07) is 5.14. The molecule has 1 aromatic rings. The van der Waals surface area contributed by atoms with Crippen LogP contribution in [-0.4, -0.2) is 60.6 Å². The summed E-state index contributed by atoms with van der Waals surface area (Å²) in [5, 5.41) is 30.0. The number of carboxylic acids is 1. The van der Waals surface area contributed by atoms with Gasteiger partial charge >= 0.3 is 5.97 Å². The van der Waals surface area contributed by atoms with E-state index in [4.69, 9.17) is 10.2 Å². The largest absolute Gasteiger partial charge is 0.478 e. The molecule has 10 heteroatoms. The van der Waals surface area contributed by atoms with Crippen molar-refractivity contribution in [2.24, 2.45) is 5.41 Å². The highest BCUT2D eigenvalue weighted by molar-refractivity contribution is 7.92. The number of anilines is 1. The van der Waals surface area contributed by atoms with Gasteiger partial charge in [-0.05, 0) is 24.3 Å². The molecule has 0 heterocycles. The molecule has 1 amide bonds. The molecule has 25 heavy (non-hydrogen) atoms. The number of aliphatic hydroxyl groups is 2. The number of aromatic carboxylic acids is 1. The Hall–Kier alpha value is -2.17. The first-order valence-electron chi connectivity index (χ1n) is 7.39. The second-order valence-electron chi connectivity index (χ2n) is 6.14. The maximum absolute atomic E-state index is 11.9. The number of hydrogen-bond donors (Lipinski definition) is 5. The van der Waals surface area contributed by atoms with Gasteiger partial charge in [-0.3, -0.25) is 9.52 Å². The zero-order valence-electron chi connectivity index (χ0n) is 13.9. The molecule has 0 saturated heterocycles. The molecule has 0 aliphatic heterocycles. The normalized spacial score (nSPS) is 13.1. The summed E-state index contributed by atoms with van der Waals surface area (Å²) in [5.41, 5.74) is -0.832.